The number of benzene rings is 1. The van der Waals surface area contributed by atoms with E-state index in [1.807, 2.05) is 0 Å². The van der Waals surface area contributed by atoms with Gasteiger partial charge in [-0.2, -0.15) is 61.5 Å². The van der Waals surface area contributed by atoms with Gasteiger partial charge in [0, 0.05) is 35.5 Å². The van der Waals surface area contributed by atoms with Crippen LogP contribution in [0.25, 0.3) is 0 Å². The summed E-state index contributed by atoms with van der Waals surface area (Å²) in [4.78, 5) is 26.6. The van der Waals surface area contributed by atoms with E-state index in [2.05, 4.69) is 0 Å². The second-order valence-corrected chi connectivity index (χ2v) is 12.8. The van der Waals surface area contributed by atoms with Crippen LogP contribution in [0.5, 0.6) is 0 Å². The van der Waals surface area contributed by atoms with Crippen LogP contribution in [0.2, 0.25) is 0 Å². The molecule has 0 saturated heterocycles. The monoisotopic (exact) mass is 701 g/mol. The zero-order valence-electron chi connectivity index (χ0n) is 25.1. The van der Waals surface area contributed by atoms with E-state index < -0.39 is 75.5 Å². The number of carbonyl (C=O) groups is 2. The first kappa shape index (κ1) is 38.3. The summed E-state index contributed by atoms with van der Waals surface area (Å²) in [5.41, 5.74) is -5.35. The van der Waals surface area contributed by atoms with Gasteiger partial charge in [-0.1, -0.05) is 58.4 Å². The summed E-state index contributed by atoms with van der Waals surface area (Å²) in [5, 5.41) is 0. The Morgan fingerprint density at radius 3 is 1.62 bits per heavy atom. The molecule has 1 heterocycles. The number of alkyl halides is 14. The second kappa shape index (κ2) is 11.8. The van der Waals surface area contributed by atoms with Gasteiger partial charge in [0.15, 0.2) is 0 Å². The molecule has 0 N–H and O–H groups in total. The average Bonchev–Trinajstić information content (AvgIpc) is 3.08. The van der Waals surface area contributed by atoms with Crippen LogP contribution < -0.4 is 4.90 Å². The molecule has 1 aliphatic heterocycles. The maximum absolute atomic E-state index is 14.6. The van der Waals surface area contributed by atoms with Gasteiger partial charge in [-0.3, -0.25) is 9.59 Å². The van der Waals surface area contributed by atoms with Crippen LogP contribution in [0, 0.1) is 10.8 Å². The van der Waals surface area contributed by atoms with Crippen molar-refractivity contribution in [3.63, 3.8) is 0 Å². The molecule has 0 spiro atoms. The van der Waals surface area contributed by atoms with E-state index in [1.54, 1.807) is 0 Å². The number of ketones is 2. The molecular formula is C30H29F14NO2. The van der Waals surface area contributed by atoms with Crippen molar-refractivity contribution in [2.24, 2.45) is 10.8 Å². The predicted octanol–water partition coefficient (Wildman–Crippen LogP) is 9.83. The van der Waals surface area contributed by atoms with Crippen LogP contribution in [-0.4, -0.2) is 54.2 Å². The first-order valence-corrected chi connectivity index (χ1v) is 14.0. The van der Waals surface area contributed by atoms with E-state index in [0.29, 0.717) is 6.20 Å². The van der Waals surface area contributed by atoms with Crippen molar-refractivity contribution >= 4 is 17.3 Å². The standard InChI is InChI=1S/C30H29F14NO2/c1-23(2)11-7-8-16(14-18(23)21(46)25(31,32)27(35,36)29(39,40)41)17-9-5-6-10-20(17)45-13-12-24(3,4)19(15-45)22(47)26(33,34)28(37,38)30(42,43)44/h5-6,9-10,14-16H,7-8,11-13H2,1-4H3. The van der Waals surface area contributed by atoms with Gasteiger partial charge < -0.3 is 4.90 Å². The first-order chi connectivity index (χ1) is 20.9. The lowest BCUT2D eigenvalue weighted by Gasteiger charge is -2.39. The van der Waals surface area contributed by atoms with Crippen LogP contribution in [-0.2, 0) is 9.59 Å². The summed E-state index contributed by atoms with van der Waals surface area (Å²) < 4.78 is 191. The van der Waals surface area contributed by atoms with E-state index >= 15 is 0 Å². The van der Waals surface area contributed by atoms with Gasteiger partial charge in [-0.05, 0) is 41.7 Å². The average molecular weight is 702 g/mol. The molecule has 0 radical (unpaired) electrons. The Morgan fingerprint density at radius 1 is 0.681 bits per heavy atom. The second-order valence-electron chi connectivity index (χ2n) is 12.8. The number of para-hydroxylation sites is 1. The Balaban J connectivity index is 2.16. The van der Waals surface area contributed by atoms with E-state index in [1.165, 1.54) is 38.1 Å². The van der Waals surface area contributed by atoms with Crippen molar-refractivity contribution in [3.8, 4) is 0 Å². The van der Waals surface area contributed by atoms with Crippen LogP contribution in [0.3, 0.4) is 0 Å². The maximum atomic E-state index is 14.6. The molecule has 2 aliphatic rings. The largest absolute Gasteiger partial charge is 0.460 e. The molecule has 3 rings (SSSR count). The molecule has 0 saturated carbocycles. The number of rotatable bonds is 8. The SMILES string of the molecule is CC1(C)CCCC(c2ccccc2N2C=C(C(=O)C(F)(F)C(F)(F)C(F)(F)F)C(C)(C)CC2)C=C1C(=O)C(F)(F)C(F)(F)C(F)(F)F. The molecule has 0 aromatic heterocycles. The summed E-state index contributed by atoms with van der Waals surface area (Å²) in [6, 6.07) is 5.33. The lowest BCUT2D eigenvalue weighted by atomic mass is 9.75. The molecule has 1 aliphatic carbocycles. The third-order valence-corrected chi connectivity index (χ3v) is 8.61. The third kappa shape index (κ3) is 6.51. The summed E-state index contributed by atoms with van der Waals surface area (Å²) in [6.45, 7) is 4.55. The van der Waals surface area contributed by atoms with E-state index in [9.17, 15) is 71.1 Å². The number of anilines is 1. The molecule has 1 aromatic carbocycles. The van der Waals surface area contributed by atoms with E-state index in [4.69, 9.17) is 0 Å². The molecule has 47 heavy (non-hydrogen) atoms. The van der Waals surface area contributed by atoms with Crippen LogP contribution in [0.15, 0.2) is 47.7 Å². The van der Waals surface area contributed by atoms with Crippen molar-refractivity contribution in [1.82, 2.24) is 0 Å². The fourth-order valence-electron chi connectivity index (χ4n) is 5.56. The Bertz CT molecular complexity index is 1450. The minimum Gasteiger partial charge on any atom is -0.347 e. The van der Waals surface area contributed by atoms with E-state index in [0.717, 1.165) is 24.8 Å². The zero-order valence-corrected chi connectivity index (χ0v) is 25.1. The molecule has 1 aromatic rings. The molecule has 17 heteroatoms. The molecule has 1 atom stereocenters. The Labute approximate surface area is 259 Å². The zero-order chi connectivity index (χ0) is 36.4. The number of hydrogen-bond acceptors (Lipinski definition) is 3. The van der Waals surface area contributed by atoms with Gasteiger partial charge in [0.05, 0.1) is 0 Å². The minimum absolute atomic E-state index is 0.00314. The topological polar surface area (TPSA) is 37.4 Å². The quantitative estimate of drug-likeness (QED) is 0.254. The van der Waals surface area contributed by atoms with Gasteiger partial charge >= 0.3 is 36.0 Å². The van der Waals surface area contributed by atoms with Gasteiger partial charge in [-0.15, -0.1) is 0 Å². The van der Waals surface area contributed by atoms with Crippen molar-refractivity contribution in [3.05, 3.63) is 53.3 Å². The van der Waals surface area contributed by atoms with Crippen LogP contribution >= 0.6 is 0 Å². The summed E-state index contributed by atoms with van der Waals surface area (Å²) in [5.74, 6) is -32.6. The van der Waals surface area contributed by atoms with Gasteiger partial charge in [0.2, 0.25) is 11.6 Å². The Kier molecular flexibility index (Phi) is 9.60. The molecule has 0 bridgehead atoms. The van der Waals surface area contributed by atoms with Crippen molar-refractivity contribution in [1.29, 1.82) is 0 Å². The fourth-order valence-corrected chi connectivity index (χ4v) is 5.56. The van der Waals surface area contributed by atoms with Crippen LogP contribution in [0.4, 0.5) is 67.2 Å². The van der Waals surface area contributed by atoms with Crippen molar-refractivity contribution < 1.29 is 71.1 Å². The molecule has 0 amide bonds. The lowest BCUT2D eigenvalue weighted by Crippen LogP contribution is -2.57. The Hall–Kier alpha value is -3.14. The molecule has 3 nitrogen and oxygen atoms in total. The summed E-state index contributed by atoms with van der Waals surface area (Å²) in [6.07, 6.45) is -12.3. The number of halogens is 14. The molecule has 0 fully saturated rings. The van der Waals surface area contributed by atoms with Crippen LogP contribution in [0.1, 0.15) is 64.9 Å². The number of Topliss-reactive ketones (excluding diaryl/α,β-unsaturated/α-hetero) is 2. The van der Waals surface area contributed by atoms with Gasteiger partial charge in [-0.25, -0.2) is 0 Å². The lowest BCUT2D eigenvalue weighted by molar-refractivity contribution is -0.343. The number of nitrogens with zero attached hydrogens (tertiary/aromatic N) is 1. The highest BCUT2D eigenvalue weighted by Gasteiger charge is 2.77. The smallest absolute Gasteiger partial charge is 0.347 e. The summed E-state index contributed by atoms with van der Waals surface area (Å²) in [7, 11) is 0. The maximum Gasteiger partial charge on any atom is 0.460 e. The predicted molar refractivity (Wildman–Crippen MR) is 141 cm³/mol. The number of allylic oxidation sites excluding steroid dienone is 3. The van der Waals surface area contributed by atoms with E-state index in [-0.39, 0.29) is 43.5 Å². The third-order valence-electron chi connectivity index (χ3n) is 8.61. The fraction of sp³-hybridized carbons (Fsp3) is 0.600. The Morgan fingerprint density at radius 2 is 1.13 bits per heavy atom. The minimum atomic E-state index is -6.78. The highest BCUT2D eigenvalue weighted by Crippen LogP contribution is 2.53. The number of carbonyl (C=O) groups excluding carboxylic acids is 2. The first-order valence-electron chi connectivity index (χ1n) is 14.0. The highest BCUT2D eigenvalue weighted by molar-refractivity contribution is 6.03. The van der Waals surface area contributed by atoms with Gasteiger partial charge in [0.1, 0.15) is 0 Å². The molecule has 1 unspecified atom stereocenters. The molecule has 264 valence electrons. The highest BCUT2D eigenvalue weighted by atomic mass is 19.4. The van der Waals surface area contributed by atoms with Crippen molar-refractivity contribution in [2.45, 2.75) is 95.3 Å². The van der Waals surface area contributed by atoms with Gasteiger partial charge in [0.25, 0.3) is 0 Å². The number of hydrogen-bond donors (Lipinski definition) is 0. The summed E-state index contributed by atoms with van der Waals surface area (Å²) >= 11 is 0. The normalized spacial score (nSPS) is 21.5. The van der Waals surface area contributed by atoms with Crippen molar-refractivity contribution in [2.75, 3.05) is 11.4 Å². The molecular weight excluding hydrogens is 672 g/mol.